The molecule has 0 aliphatic carbocycles. The van der Waals surface area contributed by atoms with Crippen LogP contribution in [-0.2, 0) is 41.9 Å². The fraction of sp³-hybridized carbons (Fsp3) is 0.323. The Bertz CT molecular complexity index is 1980. The second kappa shape index (κ2) is 10.3. The van der Waals surface area contributed by atoms with Gasteiger partial charge in [-0.15, -0.1) is 0 Å². The molecule has 3 aliphatic heterocycles. The van der Waals surface area contributed by atoms with Crippen molar-refractivity contribution in [1.29, 1.82) is 0 Å². The van der Waals surface area contributed by atoms with Gasteiger partial charge in [-0.05, 0) is 74.6 Å². The normalized spacial score (nSPS) is 23.8. The number of imidazole rings is 1. The molecule has 3 aliphatic rings. The number of carbonyl (C=O) groups is 2. The quantitative estimate of drug-likeness (QED) is 0.266. The van der Waals surface area contributed by atoms with Crippen molar-refractivity contribution < 1.29 is 22.7 Å². The summed E-state index contributed by atoms with van der Waals surface area (Å²) in [4.78, 5) is 42.5. The molecule has 0 saturated carbocycles. The monoisotopic (exact) mass is 666 g/mol. The highest BCUT2D eigenvalue weighted by Gasteiger charge is 2.54. The molecule has 2 atom stereocenters. The van der Waals surface area contributed by atoms with E-state index in [-0.39, 0.29) is 23.9 Å². The predicted octanol–water partition coefficient (Wildman–Crippen LogP) is 5.23. The molecule has 0 bridgehead atoms. The lowest BCUT2D eigenvalue weighted by Crippen LogP contribution is -2.47. The van der Waals surface area contributed by atoms with Crippen molar-refractivity contribution in [3.63, 3.8) is 0 Å². The summed E-state index contributed by atoms with van der Waals surface area (Å²) in [6, 6.07) is 9.30. The summed E-state index contributed by atoms with van der Waals surface area (Å²) in [6.45, 7) is 5.35. The van der Waals surface area contributed by atoms with Crippen molar-refractivity contribution in [2.45, 2.75) is 62.2 Å². The number of carbonyl (C=O) groups excluding carboxylic acids is 2. The van der Waals surface area contributed by atoms with E-state index in [1.54, 1.807) is 51.4 Å². The largest absolute Gasteiger partial charge is 0.454 e. The molecular weight excluding hydrogens is 639 g/mol. The Labute approximate surface area is 269 Å². The van der Waals surface area contributed by atoms with E-state index in [4.69, 9.17) is 27.9 Å². The van der Waals surface area contributed by atoms with Crippen LogP contribution in [0.15, 0.2) is 66.3 Å². The number of rotatable bonds is 2. The summed E-state index contributed by atoms with van der Waals surface area (Å²) < 4.78 is 37.4. The lowest BCUT2D eigenvalue weighted by molar-refractivity contribution is -0.161. The first kappa shape index (κ1) is 29.8. The average Bonchev–Trinajstić information content (AvgIpc) is 3.70. The molecule has 14 heteroatoms. The summed E-state index contributed by atoms with van der Waals surface area (Å²) in [5, 5.41) is 0.412. The van der Waals surface area contributed by atoms with Gasteiger partial charge >= 0.3 is 5.97 Å². The van der Waals surface area contributed by atoms with E-state index < -0.39 is 39.1 Å². The predicted molar refractivity (Wildman–Crippen MR) is 167 cm³/mol. The van der Waals surface area contributed by atoms with Crippen molar-refractivity contribution in [1.82, 2.24) is 23.8 Å². The van der Waals surface area contributed by atoms with E-state index in [0.717, 1.165) is 11.1 Å². The number of hydrogen-bond donors (Lipinski definition) is 0. The van der Waals surface area contributed by atoms with Crippen LogP contribution in [0.2, 0.25) is 10.0 Å². The van der Waals surface area contributed by atoms with Crippen LogP contribution in [0.5, 0.6) is 0 Å². The fourth-order valence-electron chi connectivity index (χ4n) is 6.66. The van der Waals surface area contributed by atoms with E-state index in [1.165, 1.54) is 26.3 Å². The highest BCUT2D eigenvalue weighted by Crippen LogP contribution is 2.47. The van der Waals surface area contributed by atoms with Crippen molar-refractivity contribution in [3.8, 4) is 11.1 Å². The highest BCUT2D eigenvalue weighted by molar-refractivity contribution is 7.89. The number of benzene rings is 2. The zero-order chi connectivity index (χ0) is 31.9. The molecule has 0 spiro atoms. The van der Waals surface area contributed by atoms with E-state index in [1.807, 2.05) is 18.2 Å². The molecule has 45 heavy (non-hydrogen) atoms. The number of fused-ring (bicyclic) bond motifs is 2. The van der Waals surface area contributed by atoms with Crippen molar-refractivity contribution in [2.24, 2.45) is 0 Å². The molecule has 5 heterocycles. The molecule has 0 unspecified atom stereocenters. The number of ether oxygens (including phenoxy) is 1. The van der Waals surface area contributed by atoms with Gasteiger partial charge in [-0.25, -0.2) is 28.3 Å². The van der Waals surface area contributed by atoms with Gasteiger partial charge in [0.1, 0.15) is 23.5 Å². The summed E-state index contributed by atoms with van der Waals surface area (Å²) >= 11 is 12.7. The minimum Gasteiger partial charge on any atom is -0.454 e. The van der Waals surface area contributed by atoms with Crippen LogP contribution in [-0.4, -0.2) is 56.7 Å². The van der Waals surface area contributed by atoms with E-state index in [2.05, 4.69) is 15.0 Å². The van der Waals surface area contributed by atoms with Gasteiger partial charge in [-0.2, -0.15) is 4.31 Å². The number of esters is 1. The molecule has 11 nitrogen and oxygen atoms in total. The number of amides is 1. The highest BCUT2D eigenvalue weighted by atomic mass is 35.5. The zero-order valence-electron chi connectivity index (χ0n) is 24.6. The van der Waals surface area contributed by atoms with Gasteiger partial charge in [0, 0.05) is 41.0 Å². The second-order valence-electron chi connectivity index (χ2n) is 12.2. The molecule has 2 aromatic carbocycles. The van der Waals surface area contributed by atoms with Crippen LogP contribution in [0, 0.1) is 0 Å². The van der Waals surface area contributed by atoms with Crippen LogP contribution < -0.4 is 4.90 Å². The summed E-state index contributed by atoms with van der Waals surface area (Å²) in [5.74, 6) is -0.957. The van der Waals surface area contributed by atoms with Gasteiger partial charge in [0.25, 0.3) is 15.9 Å². The fourth-order valence-corrected chi connectivity index (χ4v) is 9.01. The molecule has 7 rings (SSSR count). The van der Waals surface area contributed by atoms with Crippen LogP contribution in [0.1, 0.15) is 44.7 Å². The van der Waals surface area contributed by atoms with Crippen LogP contribution >= 0.6 is 23.2 Å². The first-order valence-corrected chi connectivity index (χ1v) is 16.5. The van der Waals surface area contributed by atoms with Crippen molar-refractivity contribution in [3.05, 3.63) is 82.5 Å². The first-order valence-electron chi connectivity index (χ1n) is 14.3. The van der Waals surface area contributed by atoms with Gasteiger partial charge in [0.2, 0.25) is 5.95 Å². The average molecular weight is 668 g/mol. The summed E-state index contributed by atoms with van der Waals surface area (Å²) in [5.41, 5.74) is 0.566. The summed E-state index contributed by atoms with van der Waals surface area (Å²) in [7, 11) is -4.30. The molecule has 1 amide bonds. The number of sulfonamides is 1. The lowest BCUT2D eigenvalue weighted by Gasteiger charge is -2.35. The van der Waals surface area contributed by atoms with Crippen LogP contribution in [0.25, 0.3) is 11.1 Å². The second-order valence-corrected chi connectivity index (χ2v) is 14.9. The van der Waals surface area contributed by atoms with E-state index in [0.29, 0.717) is 39.7 Å². The molecule has 4 aromatic rings. The van der Waals surface area contributed by atoms with Gasteiger partial charge in [-0.1, -0.05) is 35.3 Å². The maximum absolute atomic E-state index is 14.6. The Morgan fingerprint density at radius 3 is 2.38 bits per heavy atom. The molecule has 1 fully saturated rings. The Morgan fingerprint density at radius 2 is 1.67 bits per heavy atom. The number of halogens is 2. The number of hydrogen-bond acceptors (Lipinski definition) is 8. The molecule has 232 valence electrons. The maximum atomic E-state index is 14.6. The molecule has 1 saturated heterocycles. The van der Waals surface area contributed by atoms with E-state index >= 15 is 0 Å². The third-order valence-electron chi connectivity index (χ3n) is 8.77. The molecule has 0 radical (unpaired) electrons. The minimum absolute atomic E-state index is 0.0494. The Morgan fingerprint density at radius 1 is 0.956 bits per heavy atom. The van der Waals surface area contributed by atoms with Gasteiger partial charge < -0.3 is 4.74 Å². The third-order valence-corrected chi connectivity index (χ3v) is 11.1. The Kier molecular flexibility index (Phi) is 6.86. The maximum Gasteiger partial charge on any atom is 0.325 e. The number of cyclic esters (lactones) is 1. The number of nitrogens with zero attached hydrogens (tertiary/aromatic N) is 6. The van der Waals surface area contributed by atoms with Crippen LogP contribution in [0.3, 0.4) is 0 Å². The van der Waals surface area contributed by atoms with Gasteiger partial charge in [-0.3, -0.25) is 14.2 Å². The Hall–Kier alpha value is -3.84. The number of aromatic nitrogens is 4. The van der Waals surface area contributed by atoms with Crippen molar-refractivity contribution >= 4 is 56.7 Å². The first-order chi connectivity index (χ1) is 21.3. The summed E-state index contributed by atoms with van der Waals surface area (Å²) in [6.07, 6.45) is 6.87. The third kappa shape index (κ3) is 4.65. The molecule has 2 aromatic heterocycles. The van der Waals surface area contributed by atoms with Crippen molar-refractivity contribution in [2.75, 3.05) is 11.4 Å². The molecule has 0 N–H and O–H groups in total. The van der Waals surface area contributed by atoms with Gasteiger partial charge in [0.05, 0.1) is 11.9 Å². The zero-order valence-corrected chi connectivity index (χ0v) is 26.9. The number of anilines is 2. The standard InChI is InChI=1S/C31H28Cl2N6O5S/c1-30(2)24-9-18(20-14-34-17-35-15-20)6-7-19(24)13-31(3)28(41)38(23-11-21(32)10-22(33)12-23)29-36-16-26(39(29)31)45(42,43)37-8-4-5-25(37)27(40)44-30/h6-7,9-12,14-17,25H,4-5,8,13H2,1-3H3/t25-,31+/m0/s1. The molecular formula is C31H28Cl2N6O5S. The van der Waals surface area contributed by atoms with E-state index in [9.17, 15) is 18.0 Å². The topological polar surface area (TPSA) is 128 Å². The lowest BCUT2D eigenvalue weighted by atomic mass is 9.83. The SMILES string of the molecule is CC1(C)OC(=O)[C@@H]2CCCN2S(=O)(=O)c2cnc3n2[C@](C)(Cc2ccc(-c4cncnc4)cc21)C(=O)N3c1cc(Cl)cc(Cl)c1. The van der Waals surface area contributed by atoms with Crippen LogP contribution in [0.4, 0.5) is 11.6 Å². The minimum atomic E-state index is -4.30. The smallest absolute Gasteiger partial charge is 0.325 e. The van der Waals surface area contributed by atoms with Gasteiger partial charge in [0.15, 0.2) is 5.03 Å². The Balaban J connectivity index is 1.49.